The highest BCUT2D eigenvalue weighted by molar-refractivity contribution is 6.44. The molecule has 2 fully saturated rings. The van der Waals surface area contributed by atoms with Gasteiger partial charge in [-0.15, -0.1) is 0 Å². The molecule has 0 unspecified atom stereocenters. The Hall–Kier alpha value is -3.93. The fourth-order valence-electron chi connectivity index (χ4n) is 6.03. The Bertz CT molecular complexity index is 1700. The second-order valence-electron chi connectivity index (χ2n) is 10.6. The van der Waals surface area contributed by atoms with E-state index in [-0.39, 0.29) is 18.5 Å². The summed E-state index contributed by atoms with van der Waals surface area (Å²) in [5, 5.41) is 4.31. The second kappa shape index (κ2) is 9.86. The number of carbonyl (C=O) groups is 2. The molecule has 0 saturated carbocycles. The Labute approximate surface area is 245 Å². The number of nitrogens with two attached hydrogens (primary N) is 1. The van der Waals surface area contributed by atoms with Gasteiger partial charge in [-0.1, -0.05) is 35.3 Å². The van der Waals surface area contributed by atoms with Crippen molar-refractivity contribution in [2.24, 2.45) is 5.73 Å². The SMILES string of the molecule is NC1CN(c2ncnc3c2c(-c2cccc(Cl)c2Cl)cn3CC(=O)N2CCC3(CC2)OC(=O)Nc2ncccc23)C1. The maximum Gasteiger partial charge on any atom is 0.413 e. The Morgan fingerprint density at radius 1 is 1.10 bits per heavy atom. The predicted octanol–water partition coefficient (Wildman–Crippen LogP) is 4.03. The van der Waals surface area contributed by atoms with Crippen LogP contribution in [0.15, 0.2) is 49.1 Å². The fourth-order valence-corrected chi connectivity index (χ4v) is 6.43. The van der Waals surface area contributed by atoms with Crippen LogP contribution in [0.1, 0.15) is 18.4 Å². The number of halogens is 2. The number of nitrogens with zero attached hydrogens (tertiary/aromatic N) is 6. The zero-order chi connectivity index (χ0) is 28.3. The van der Waals surface area contributed by atoms with Crippen molar-refractivity contribution in [2.75, 3.05) is 36.4 Å². The van der Waals surface area contributed by atoms with Gasteiger partial charge in [0.15, 0.2) is 0 Å². The number of pyridine rings is 1. The summed E-state index contributed by atoms with van der Waals surface area (Å²) >= 11 is 13.0. The lowest BCUT2D eigenvalue weighted by molar-refractivity contribution is -0.136. The Morgan fingerprint density at radius 2 is 1.90 bits per heavy atom. The number of hydrogen-bond acceptors (Lipinski definition) is 8. The quantitative estimate of drug-likeness (QED) is 0.363. The van der Waals surface area contributed by atoms with E-state index < -0.39 is 11.7 Å². The van der Waals surface area contributed by atoms with Gasteiger partial charge in [0.2, 0.25) is 5.91 Å². The van der Waals surface area contributed by atoms with Crippen LogP contribution in [-0.2, 0) is 21.7 Å². The van der Waals surface area contributed by atoms with E-state index in [1.807, 2.05) is 35.0 Å². The summed E-state index contributed by atoms with van der Waals surface area (Å²) in [5.74, 6) is 1.18. The third kappa shape index (κ3) is 4.35. The van der Waals surface area contributed by atoms with Crippen molar-refractivity contribution in [2.45, 2.75) is 31.0 Å². The van der Waals surface area contributed by atoms with Gasteiger partial charge in [0.1, 0.15) is 35.8 Å². The van der Waals surface area contributed by atoms with Crippen LogP contribution in [0.25, 0.3) is 22.2 Å². The standard InChI is InChI=1S/C28H26Cl2N8O3/c29-20-5-1-3-17(23(20)30)18-13-38(26-22(18)25(33-15-34-26)37-11-16(31)12-37)14-21(39)36-9-6-28(7-10-36)19-4-2-8-32-24(19)35-27(40)41-28/h1-5,8,13,15-16H,6-7,9-12,14,31H2,(H,32,35,40). The van der Waals surface area contributed by atoms with E-state index in [2.05, 4.69) is 25.2 Å². The third-order valence-corrected chi connectivity index (χ3v) is 8.94. The number of fused-ring (bicyclic) bond motifs is 3. The highest BCUT2D eigenvalue weighted by Gasteiger charge is 2.45. The first-order valence-corrected chi connectivity index (χ1v) is 14.1. The van der Waals surface area contributed by atoms with Crippen LogP contribution in [0, 0.1) is 0 Å². The van der Waals surface area contributed by atoms with Gasteiger partial charge >= 0.3 is 6.09 Å². The lowest BCUT2D eigenvalue weighted by atomic mass is 9.83. The van der Waals surface area contributed by atoms with Crippen LogP contribution in [0.2, 0.25) is 10.0 Å². The normalized spacial score (nSPS) is 18.2. The highest BCUT2D eigenvalue weighted by atomic mass is 35.5. The van der Waals surface area contributed by atoms with E-state index >= 15 is 0 Å². The zero-order valence-electron chi connectivity index (χ0n) is 21.9. The number of anilines is 2. The molecule has 0 bridgehead atoms. The first-order valence-electron chi connectivity index (χ1n) is 13.3. The summed E-state index contributed by atoms with van der Waals surface area (Å²) in [6.45, 7) is 2.27. The molecule has 3 aliphatic rings. The number of hydrogen-bond donors (Lipinski definition) is 2. The molecule has 0 atom stereocenters. The zero-order valence-corrected chi connectivity index (χ0v) is 23.4. The molecule has 2 saturated heterocycles. The summed E-state index contributed by atoms with van der Waals surface area (Å²) in [6.07, 6.45) is 5.45. The van der Waals surface area contributed by atoms with Crippen LogP contribution in [-0.4, -0.2) is 68.6 Å². The van der Waals surface area contributed by atoms with Gasteiger partial charge in [-0.05, 0) is 18.2 Å². The van der Waals surface area contributed by atoms with E-state index in [0.717, 1.165) is 27.9 Å². The number of likely N-dealkylation sites (tertiary alicyclic amines) is 1. The average Bonchev–Trinajstić information content (AvgIpc) is 3.31. The van der Waals surface area contributed by atoms with Crippen molar-refractivity contribution < 1.29 is 14.3 Å². The van der Waals surface area contributed by atoms with E-state index in [0.29, 0.717) is 60.5 Å². The number of nitrogens with one attached hydrogen (secondary N) is 1. The van der Waals surface area contributed by atoms with Crippen LogP contribution in [0.3, 0.4) is 0 Å². The van der Waals surface area contributed by atoms with E-state index in [4.69, 9.17) is 33.7 Å². The van der Waals surface area contributed by atoms with Gasteiger partial charge in [0, 0.05) is 74.1 Å². The number of aromatic nitrogens is 4. The molecule has 6 heterocycles. The molecule has 4 aromatic rings. The Morgan fingerprint density at radius 3 is 2.68 bits per heavy atom. The van der Waals surface area contributed by atoms with E-state index in [9.17, 15) is 9.59 Å². The molecule has 1 aromatic carbocycles. The van der Waals surface area contributed by atoms with Crippen molar-refractivity contribution in [1.82, 2.24) is 24.4 Å². The molecule has 0 radical (unpaired) electrons. The minimum atomic E-state index is -0.806. The van der Waals surface area contributed by atoms with Crippen LogP contribution in [0.5, 0.6) is 0 Å². The van der Waals surface area contributed by atoms with Gasteiger partial charge in [-0.25, -0.2) is 19.7 Å². The molecule has 2 amide bonds. The van der Waals surface area contributed by atoms with Gasteiger partial charge in [0.25, 0.3) is 0 Å². The largest absolute Gasteiger partial charge is 0.437 e. The minimum Gasteiger partial charge on any atom is -0.437 e. The first kappa shape index (κ1) is 26.0. The number of carbonyl (C=O) groups excluding carboxylic acids is 2. The number of amides is 2. The summed E-state index contributed by atoms with van der Waals surface area (Å²) in [6, 6.07) is 9.28. The Balaban J connectivity index is 1.19. The van der Waals surface area contributed by atoms with Gasteiger partial charge in [-0.2, -0.15) is 0 Å². The Kier molecular flexibility index (Phi) is 6.25. The van der Waals surface area contributed by atoms with Crippen molar-refractivity contribution >= 4 is 57.9 Å². The first-order chi connectivity index (χ1) is 19.8. The van der Waals surface area contributed by atoms with Gasteiger partial charge in [0.05, 0.1) is 15.4 Å². The average molecular weight is 593 g/mol. The molecule has 3 N–H and O–H groups in total. The summed E-state index contributed by atoms with van der Waals surface area (Å²) in [7, 11) is 0. The molecule has 41 heavy (non-hydrogen) atoms. The predicted molar refractivity (Wildman–Crippen MR) is 155 cm³/mol. The van der Waals surface area contributed by atoms with E-state index in [1.165, 1.54) is 6.33 Å². The molecular weight excluding hydrogens is 567 g/mol. The molecule has 7 rings (SSSR count). The van der Waals surface area contributed by atoms with Crippen molar-refractivity contribution in [1.29, 1.82) is 0 Å². The third-order valence-electron chi connectivity index (χ3n) is 8.12. The molecule has 210 valence electrons. The number of piperidine rings is 1. The lowest BCUT2D eigenvalue weighted by Gasteiger charge is -2.43. The van der Waals surface area contributed by atoms with Crippen LogP contribution >= 0.6 is 23.2 Å². The monoisotopic (exact) mass is 592 g/mol. The maximum atomic E-state index is 13.6. The molecule has 3 aromatic heterocycles. The van der Waals surface area contributed by atoms with Crippen molar-refractivity contribution in [3.05, 3.63) is 64.7 Å². The number of rotatable bonds is 4. The van der Waals surface area contributed by atoms with Crippen molar-refractivity contribution in [3.8, 4) is 11.1 Å². The maximum absolute atomic E-state index is 13.6. The van der Waals surface area contributed by atoms with Crippen molar-refractivity contribution in [3.63, 3.8) is 0 Å². The fraction of sp³-hybridized carbons (Fsp3) is 0.321. The lowest BCUT2D eigenvalue weighted by Crippen LogP contribution is -2.56. The van der Waals surface area contributed by atoms with Crippen LogP contribution < -0.4 is 16.0 Å². The van der Waals surface area contributed by atoms with Crippen LogP contribution in [0.4, 0.5) is 16.4 Å². The summed E-state index contributed by atoms with van der Waals surface area (Å²) < 4.78 is 7.63. The summed E-state index contributed by atoms with van der Waals surface area (Å²) in [4.78, 5) is 43.3. The van der Waals surface area contributed by atoms with E-state index in [1.54, 1.807) is 17.2 Å². The van der Waals surface area contributed by atoms with Gasteiger partial charge < -0.3 is 24.8 Å². The number of ether oxygens (including phenoxy) is 1. The second-order valence-corrected chi connectivity index (χ2v) is 11.4. The minimum absolute atomic E-state index is 0.0666. The number of benzene rings is 1. The highest BCUT2D eigenvalue weighted by Crippen LogP contribution is 2.43. The molecule has 3 aliphatic heterocycles. The smallest absolute Gasteiger partial charge is 0.413 e. The summed E-state index contributed by atoms with van der Waals surface area (Å²) in [5.41, 5.74) is 8.24. The molecule has 0 aliphatic carbocycles. The topological polar surface area (TPSA) is 132 Å². The molecular formula is C28H26Cl2N8O3. The molecule has 11 nitrogen and oxygen atoms in total. The molecule has 1 spiro atoms. The molecule has 13 heteroatoms. The van der Waals surface area contributed by atoms with Gasteiger partial charge in [-0.3, -0.25) is 10.1 Å².